The van der Waals surface area contributed by atoms with E-state index >= 15 is 0 Å². The van der Waals surface area contributed by atoms with Crippen LogP contribution in [0.4, 0.5) is 10.1 Å². The lowest BCUT2D eigenvalue weighted by Gasteiger charge is -2.45. The Kier molecular flexibility index (Phi) is 9.22. The first-order valence-electron chi connectivity index (χ1n) is 13.0. The third-order valence-corrected chi connectivity index (χ3v) is 7.69. The minimum Gasteiger partial charge on any atom is -0.390 e. The third-order valence-electron chi connectivity index (χ3n) is 7.69. The van der Waals surface area contributed by atoms with Gasteiger partial charge >= 0.3 is 10.4 Å². The van der Waals surface area contributed by atoms with Gasteiger partial charge in [0.05, 0.1) is 18.3 Å². The number of likely N-dealkylation sites (tertiary alicyclic amines) is 1. The summed E-state index contributed by atoms with van der Waals surface area (Å²) in [5, 5.41) is 12.9. The maximum atomic E-state index is 13.6. The first kappa shape index (κ1) is 29.3. The Morgan fingerprint density at radius 1 is 1.00 bits per heavy atom. The number of anilines is 1. The molecule has 0 aromatic heterocycles. The number of benzene rings is 3. The number of hydrogen-bond donors (Lipinski definition) is 4. The van der Waals surface area contributed by atoms with E-state index in [4.69, 9.17) is 23.3 Å². The minimum atomic E-state index is -4.67. The molecule has 0 bridgehead atoms. The summed E-state index contributed by atoms with van der Waals surface area (Å²) in [7, 11) is -4.67. The molecule has 0 unspecified atom stereocenters. The normalized spacial score (nSPS) is 18.8. The van der Waals surface area contributed by atoms with Crippen LogP contribution in [0.2, 0.25) is 0 Å². The van der Waals surface area contributed by atoms with Crippen molar-refractivity contribution in [1.29, 1.82) is 0 Å². The molecule has 3 aromatic carbocycles. The van der Waals surface area contributed by atoms with Crippen LogP contribution in [0.15, 0.2) is 60.7 Å². The van der Waals surface area contributed by atoms with E-state index in [0.29, 0.717) is 6.54 Å². The number of aliphatic hydroxyl groups is 1. The zero-order valence-corrected chi connectivity index (χ0v) is 22.9. The van der Waals surface area contributed by atoms with E-state index in [9.17, 15) is 9.50 Å². The SMILES string of the molecule is Cc1cccc2cccc(CN3CCC4(CC3)CN(C[C@H](O)CN)CN4c3ccc(F)cc3)c12.O=S(=O)(O)O. The van der Waals surface area contributed by atoms with E-state index in [2.05, 4.69) is 58.0 Å². The number of aryl methyl sites for hydroxylation is 1. The molecule has 212 valence electrons. The van der Waals surface area contributed by atoms with Gasteiger partial charge in [-0.25, -0.2) is 4.39 Å². The lowest BCUT2D eigenvalue weighted by atomic mass is 9.86. The van der Waals surface area contributed by atoms with E-state index < -0.39 is 16.5 Å². The molecule has 0 saturated carbocycles. The number of rotatable bonds is 6. The van der Waals surface area contributed by atoms with Gasteiger partial charge in [-0.1, -0.05) is 36.4 Å². The molecular formula is C28H37FN4O5S. The van der Waals surface area contributed by atoms with Crippen LogP contribution in [-0.4, -0.2) is 83.5 Å². The van der Waals surface area contributed by atoms with Crippen molar-refractivity contribution < 1.29 is 27.0 Å². The molecule has 2 heterocycles. The minimum absolute atomic E-state index is 0.0165. The summed E-state index contributed by atoms with van der Waals surface area (Å²) in [6.45, 7) is 7.60. The molecule has 0 aliphatic carbocycles. The summed E-state index contributed by atoms with van der Waals surface area (Å²) in [6.07, 6.45) is 1.53. The van der Waals surface area contributed by atoms with Gasteiger partial charge in [0.2, 0.25) is 0 Å². The highest BCUT2D eigenvalue weighted by Crippen LogP contribution is 2.39. The standard InChI is InChI=1S/C28H35FN4O.H2O4S/c1-21-4-2-5-22-6-3-7-23(27(21)22)17-31-14-12-28(13-15-31)19-32(18-26(34)16-30)20-33(28)25-10-8-24(29)9-11-25;1-5(2,3)4/h2-11,26,34H,12-20,30H2,1H3;(H2,1,2,3,4)/t26-;/m1./s1. The van der Waals surface area contributed by atoms with Gasteiger partial charge in [0.1, 0.15) is 5.82 Å². The van der Waals surface area contributed by atoms with Gasteiger partial charge in [-0.3, -0.25) is 18.9 Å². The maximum absolute atomic E-state index is 13.6. The predicted octanol–water partition coefficient (Wildman–Crippen LogP) is 3.07. The smallest absolute Gasteiger partial charge is 0.390 e. The molecule has 2 aliphatic heterocycles. The van der Waals surface area contributed by atoms with E-state index in [1.807, 2.05) is 12.1 Å². The zero-order valence-electron chi connectivity index (χ0n) is 22.1. The first-order chi connectivity index (χ1) is 18.5. The highest BCUT2D eigenvalue weighted by molar-refractivity contribution is 7.79. The molecule has 1 spiro atoms. The number of hydrogen-bond acceptors (Lipinski definition) is 7. The van der Waals surface area contributed by atoms with Crippen LogP contribution in [0.1, 0.15) is 24.0 Å². The zero-order chi connectivity index (χ0) is 28.2. The Hall–Kier alpha value is -2.64. The Morgan fingerprint density at radius 2 is 1.62 bits per heavy atom. The molecule has 9 nitrogen and oxygen atoms in total. The van der Waals surface area contributed by atoms with Crippen molar-refractivity contribution in [3.05, 3.63) is 77.6 Å². The fraction of sp³-hybridized carbons (Fsp3) is 0.429. The van der Waals surface area contributed by atoms with Crippen LogP contribution in [0.3, 0.4) is 0 Å². The van der Waals surface area contributed by atoms with Crippen LogP contribution < -0.4 is 10.6 Å². The highest BCUT2D eigenvalue weighted by Gasteiger charge is 2.46. The number of β-amino-alcohol motifs (C(OH)–C–C–N with tert-alkyl or cyclic N) is 1. The molecule has 2 fully saturated rings. The average Bonchev–Trinajstić information content (AvgIpc) is 3.22. The van der Waals surface area contributed by atoms with Gasteiger partial charge < -0.3 is 15.7 Å². The molecule has 3 aromatic rings. The lowest BCUT2D eigenvalue weighted by molar-refractivity contribution is 0.117. The van der Waals surface area contributed by atoms with Crippen molar-refractivity contribution in [3.63, 3.8) is 0 Å². The Labute approximate surface area is 229 Å². The second kappa shape index (κ2) is 12.3. The summed E-state index contributed by atoms with van der Waals surface area (Å²) in [4.78, 5) is 7.28. The summed E-state index contributed by atoms with van der Waals surface area (Å²) < 4.78 is 45.2. The monoisotopic (exact) mass is 560 g/mol. The topological polar surface area (TPSA) is 131 Å². The van der Waals surface area contributed by atoms with Crippen LogP contribution in [0.5, 0.6) is 0 Å². The molecule has 5 rings (SSSR count). The number of nitrogens with two attached hydrogens (primary N) is 1. The molecule has 0 radical (unpaired) electrons. The van der Waals surface area contributed by atoms with E-state index in [1.54, 1.807) is 12.1 Å². The van der Waals surface area contributed by atoms with Crippen molar-refractivity contribution in [1.82, 2.24) is 9.80 Å². The van der Waals surface area contributed by atoms with E-state index in [-0.39, 0.29) is 17.9 Å². The molecular weight excluding hydrogens is 523 g/mol. The Balaban J connectivity index is 0.000000648. The molecule has 0 amide bonds. The predicted molar refractivity (Wildman–Crippen MR) is 150 cm³/mol. The van der Waals surface area contributed by atoms with Crippen LogP contribution in [-0.2, 0) is 16.9 Å². The Bertz CT molecular complexity index is 1350. The number of fused-ring (bicyclic) bond motifs is 1. The molecule has 1 atom stereocenters. The second-order valence-electron chi connectivity index (χ2n) is 10.5. The van der Waals surface area contributed by atoms with Crippen molar-refractivity contribution in [2.24, 2.45) is 5.73 Å². The third kappa shape index (κ3) is 7.52. The Morgan fingerprint density at radius 3 is 2.23 bits per heavy atom. The average molecular weight is 561 g/mol. The fourth-order valence-electron chi connectivity index (χ4n) is 5.92. The highest BCUT2D eigenvalue weighted by atomic mass is 32.3. The maximum Gasteiger partial charge on any atom is 0.394 e. The van der Waals surface area contributed by atoms with Gasteiger partial charge in [0.25, 0.3) is 0 Å². The summed E-state index contributed by atoms with van der Waals surface area (Å²) in [5.41, 5.74) is 9.43. The van der Waals surface area contributed by atoms with Crippen molar-refractivity contribution in [3.8, 4) is 0 Å². The molecule has 2 saturated heterocycles. The van der Waals surface area contributed by atoms with Crippen LogP contribution in [0.25, 0.3) is 10.8 Å². The molecule has 5 N–H and O–H groups in total. The van der Waals surface area contributed by atoms with Gasteiger partial charge in [0.15, 0.2) is 0 Å². The molecule has 11 heteroatoms. The summed E-state index contributed by atoms with van der Waals surface area (Å²) in [6, 6.07) is 20.0. The van der Waals surface area contributed by atoms with E-state index in [1.165, 1.54) is 21.9 Å². The number of piperidine rings is 1. The largest absolute Gasteiger partial charge is 0.394 e. The second-order valence-corrected chi connectivity index (χ2v) is 11.4. The van der Waals surface area contributed by atoms with Crippen LogP contribution >= 0.6 is 0 Å². The van der Waals surface area contributed by atoms with Crippen molar-refractivity contribution in [2.75, 3.05) is 44.3 Å². The fourth-order valence-corrected chi connectivity index (χ4v) is 5.92. The number of halogens is 1. The van der Waals surface area contributed by atoms with Gasteiger partial charge in [-0.2, -0.15) is 8.42 Å². The van der Waals surface area contributed by atoms with Gasteiger partial charge in [-0.15, -0.1) is 0 Å². The van der Waals surface area contributed by atoms with Crippen molar-refractivity contribution >= 4 is 26.9 Å². The summed E-state index contributed by atoms with van der Waals surface area (Å²) in [5.74, 6) is -0.215. The lowest BCUT2D eigenvalue weighted by Crippen LogP contribution is -2.54. The van der Waals surface area contributed by atoms with Crippen LogP contribution in [0, 0.1) is 12.7 Å². The van der Waals surface area contributed by atoms with Gasteiger partial charge in [-0.05, 0) is 65.9 Å². The molecule has 39 heavy (non-hydrogen) atoms. The quantitative estimate of drug-likeness (QED) is 0.336. The van der Waals surface area contributed by atoms with Gasteiger partial charge in [0, 0.05) is 45.0 Å². The van der Waals surface area contributed by atoms with E-state index in [0.717, 1.165) is 51.4 Å². The molecule has 2 aliphatic rings. The number of aliphatic hydroxyl groups excluding tert-OH is 1. The number of nitrogens with zero attached hydrogens (tertiary/aromatic N) is 3. The first-order valence-corrected chi connectivity index (χ1v) is 14.4. The van der Waals surface area contributed by atoms with Crippen molar-refractivity contribution in [2.45, 2.75) is 38.0 Å². The summed E-state index contributed by atoms with van der Waals surface area (Å²) >= 11 is 0.